The van der Waals surface area contributed by atoms with Crippen LogP contribution in [0.25, 0.3) is 0 Å². The highest BCUT2D eigenvalue weighted by molar-refractivity contribution is 7.96. The van der Waals surface area contributed by atoms with Gasteiger partial charge in [-0.25, -0.2) is 4.79 Å². The van der Waals surface area contributed by atoms with Crippen molar-refractivity contribution in [1.29, 1.82) is 0 Å². The van der Waals surface area contributed by atoms with Crippen LogP contribution in [-0.4, -0.2) is 11.1 Å². The van der Waals surface area contributed by atoms with E-state index in [1.54, 1.807) is 0 Å². The van der Waals surface area contributed by atoms with Crippen molar-refractivity contribution in [3.63, 3.8) is 0 Å². The van der Waals surface area contributed by atoms with Crippen molar-refractivity contribution < 1.29 is 9.90 Å². The molecule has 0 saturated heterocycles. The highest BCUT2D eigenvalue weighted by Crippen LogP contribution is 2.66. The highest BCUT2D eigenvalue weighted by Gasteiger charge is 2.56. The van der Waals surface area contributed by atoms with Gasteiger partial charge in [0.05, 0.1) is 0 Å². The fourth-order valence-corrected chi connectivity index (χ4v) is 8.72. The van der Waals surface area contributed by atoms with E-state index in [1.807, 2.05) is 84.9 Å². The van der Waals surface area contributed by atoms with Crippen LogP contribution in [0.15, 0.2) is 121 Å². The van der Waals surface area contributed by atoms with Gasteiger partial charge >= 0.3 is 5.97 Å². The zero-order valence-electron chi connectivity index (χ0n) is 15.9. The van der Waals surface area contributed by atoms with E-state index in [0.717, 1.165) is 21.5 Å². The van der Waals surface area contributed by atoms with Gasteiger partial charge in [0.25, 0.3) is 0 Å². The lowest BCUT2D eigenvalue weighted by atomic mass is 10.1. The van der Waals surface area contributed by atoms with Gasteiger partial charge in [0.1, 0.15) is 23.2 Å². The van der Waals surface area contributed by atoms with Gasteiger partial charge in [-0.15, -0.1) is 0 Å². The third kappa shape index (κ3) is 3.48. The summed E-state index contributed by atoms with van der Waals surface area (Å²) in [5, 5.41) is 13.8. The summed E-state index contributed by atoms with van der Waals surface area (Å²) >= 11 is 0. The van der Waals surface area contributed by atoms with Gasteiger partial charge in [0.2, 0.25) is 5.66 Å². The lowest BCUT2D eigenvalue weighted by molar-refractivity contribution is -0.136. The van der Waals surface area contributed by atoms with Gasteiger partial charge in [-0.1, -0.05) is 84.9 Å². The van der Waals surface area contributed by atoms with Gasteiger partial charge in [-0.05, 0) is 36.4 Å². The van der Waals surface area contributed by atoms with Gasteiger partial charge in [0, 0.05) is 5.56 Å². The van der Waals surface area contributed by atoms with Crippen molar-refractivity contribution in [1.82, 2.24) is 0 Å². The van der Waals surface area contributed by atoms with Crippen LogP contribution in [0.5, 0.6) is 0 Å². The molecule has 0 aliphatic carbocycles. The molecular formula is C26H22O2P+. The molecule has 0 fully saturated rings. The fraction of sp³-hybridized carbons (Fsp3) is 0.0385. The largest absolute Gasteiger partial charge is 0.478 e. The minimum Gasteiger partial charge on any atom is -0.478 e. The van der Waals surface area contributed by atoms with Gasteiger partial charge < -0.3 is 5.11 Å². The zero-order chi connectivity index (χ0) is 20.1. The molecule has 0 aromatic heterocycles. The van der Waals surface area contributed by atoms with Crippen LogP contribution in [0.3, 0.4) is 0 Å². The van der Waals surface area contributed by atoms with Crippen molar-refractivity contribution in [2.45, 2.75) is 5.66 Å². The number of aliphatic carboxylic acids is 1. The third-order valence-corrected chi connectivity index (χ3v) is 9.86. The number of benzene rings is 4. The lowest BCUT2D eigenvalue weighted by Crippen LogP contribution is -2.38. The Labute approximate surface area is 171 Å². The van der Waals surface area contributed by atoms with Crippen LogP contribution in [0.1, 0.15) is 11.2 Å². The average molecular weight is 397 g/mol. The van der Waals surface area contributed by atoms with E-state index in [9.17, 15) is 9.90 Å². The fourth-order valence-electron chi connectivity index (χ4n) is 4.05. The Morgan fingerprint density at radius 2 is 0.862 bits per heavy atom. The minimum atomic E-state index is -2.54. The van der Waals surface area contributed by atoms with E-state index in [4.69, 9.17) is 0 Å². The second-order valence-corrected chi connectivity index (χ2v) is 10.4. The van der Waals surface area contributed by atoms with Crippen molar-refractivity contribution in [3.05, 3.63) is 127 Å². The predicted molar refractivity (Wildman–Crippen MR) is 122 cm³/mol. The Balaban J connectivity index is 2.14. The Morgan fingerprint density at radius 3 is 1.17 bits per heavy atom. The molecule has 4 aromatic carbocycles. The number of carboxylic acids is 1. The molecule has 2 nitrogen and oxygen atoms in total. The zero-order valence-corrected chi connectivity index (χ0v) is 16.8. The molecule has 4 rings (SSSR count). The van der Waals surface area contributed by atoms with Crippen LogP contribution in [0.4, 0.5) is 0 Å². The van der Waals surface area contributed by atoms with E-state index in [2.05, 4.69) is 36.4 Å². The standard InChI is InChI=1S/C26H21O2P/c27-26(28)25(21-13-5-1-6-14-21)29(22-15-7-2-8-16-22,23-17-9-3-10-18-23)24-19-11-4-12-20-24/h1-20,25H/p+1. The first-order chi connectivity index (χ1) is 14.2. The van der Waals surface area contributed by atoms with Crippen LogP contribution in [0, 0.1) is 0 Å². The van der Waals surface area contributed by atoms with E-state index >= 15 is 0 Å². The SMILES string of the molecule is O=C(O)C(c1ccccc1)[P+](c1ccccc1)(c1ccccc1)c1ccccc1. The highest BCUT2D eigenvalue weighted by atomic mass is 31.2. The topological polar surface area (TPSA) is 37.3 Å². The Hall–Kier alpha value is -3.22. The Morgan fingerprint density at radius 1 is 0.552 bits per heavy atom. The van der Waals surface area contributed by atoms with Crippen LogP contribution < -0.4 is 15.9 Å². The molecule has 0 saturated carbocycles. The monoisotopic (exact) mass is 397 g/mol. The van der Waals surface area contributed by atoms with Crippen LogP contribution >= 0.6 is 7.26 Å². The van der Waals surface area contributed by atoms with Crippen molar-refractivity contribution >= 4 is 29.1 Å². The second-order valence-electron chi connectivity index (χ2n) is 6.88. The summed E-state index contributed by atoms with van der Waals surface area (Å²) in [5.41, 5.74) is 0.140. The molecule has 0 aliphatic heterocycles. The lowest BCUT2D eigenvalue weighted by Gasteiger charge is -2.32. The van der Waals surface area contributed by atoms with Crippen LogP contribution in [0.2, 0.25) is 0 Å². The third-order valence-electron chi connectivity index (χ3n) is 5.23. The molecule has 0 bridgehead atoms. The summed E-state index contributed by atoms with van der Waals surface area (Å²) < 4.78 is 0. The molecule has 3 heteroatoms. The summed E-state index contributed by atoms with van der Waals surface area (Å²) in [5.74, 6) is -0.805. The Kier molecular flexibility index (Phi) is 5.55. The molecule has 1 unspecified atom stereocenters. The molecule has 1 N–H and O–H groups in total. The summed E-state index contributed by atoms with van der Waals surface area (Å²) in [7, 11) is -2.54. The van der Waals surface area contributed by atoms with E-state index < -0.39 is 18.9 Å². The van der Waals surface area contributed by atoms with Crippen LogP contribution in [-0.2, 0) is 4.79 Å². The first-order valence-corrected chi connectivity index (χ1v) is 11.4. The van der Waals surface area contributed by atoms with Gasteiger partial charge in [0.15, 0.2) is 0 Å². The molecule has 0 aliphatic rings. The van der Waals surface area contributed by atoms with Gasteiger partial charge in [-0.3, -0.25) is 0 Å². The molecule has 1 atom stereocenters. The molecule has 29 heavy (non-hydrogen) atoms. The van der Waals surface area contributed by atoms with E-state index in [0.29, 0.717) is 0 Å². The normalized spacial score (nSPS) is 12.3. The summed E-state index contributed by atoms with van der Waals surface area (Å²) in [6, 6.07) is 40.0. The molecule has 0 radical (unpaired) electrons. The molecule has 4 aromatic rings. The number of carbonyl (C=O) groups is 1. The quantitative estimate of drug-likeness (QED) is 0.474. The van der Waals surface area contributed by atoms with E-state index in [-0.39, 0.29) is 0 Å². The summed E-state index contributed by atoms with van der Waals surface area (Å²) in [4.78, 5) is 12.9. The number of carboxylic acid groups (broad SMARTS) is 1. The molecule has 142 valence electrons. The predicted octanol–water partition coefficient (Wildman–Crippen LogP) is 4.81. The number of hydrogen-bond donors (Lipinski definition) is 1. The van der Waals surface area contributed by atoms with Gasteiger partial charge in [-0.2, -0.15) is 0 Å². The average Bonchev–Trinajstić information content (AvgIpc) is 2.79. The molecule has 0 spiro atoms. The maximum absolute atomic E-state index is 12.9. The first kappa shape index (κ1) is 19.1. The smallest absolute Gasteiger partial charge is 0.350 e. The van der Waals surface area contributed by atoms with E-state index in [1.165, 1.54) is 0 Å². The van der Waals surface area contributed by atoms with Crippen molar-refractivity contribution in [2.75, 3.05) is 0 Å². The molecule has 0 amide bonds. The maximum atomic E-state index is 12.9. The van der Waals surface area contributed by atoms with Crippen molar-refractivity contribution in [3.8, 4) is 0 Å². The van der Waals surface area contributed by atoms with Crippen molar-refractivity contribution in [2.24, 2.45) is 0 Å². The summed E-state index contributed by atoms with van der Waals surface area (Å²) in [6.07, 6.45) is 0. The number of hydrogen-bond acceptors (Lipinski definition) is 1. The summed E-state index contributed by atoms with van der Waals surface area (Å²) in [6.45, 7) is 0. The number of rotatable bonds is 6. The first-order valence-electron chi connectivity index (χ1n) is 9.58. The maximum Gasteiger partial charge on any atom is 0.350 e. The minimum absolute atomic E-state index is 0.684. The molecule has 0 heterocycles. The Bertz CT molecular complexity index is 968. The second kappa shape index (κ2) is 8.43. The molecular weight excluding hydrogens is 375 g/mol.